The van der Waals surface area contributed by atoms with E-state index in [1.54, 1.807) is 7.11 Å². The zero-order chi connectivity index (χ0) is 13.7. The fourth-order valence-corrected chi connectivity index (χ4v) is 3.20. The summed E-state index contributed by atoms with van der Waals surface area (Å²) in [6.45, 7) is 8.78. The number of hydrogen-bond acceptors (Lipinski definition) is 4. The predicted octanol–water partition coefficient (Wildman–Crippen LogP) is 1.28. The maximum absolute atomic E-state index is 12.9. The molecule has 0 bridgehead atoms. The van der Waals surface area contributed by atoms with Crippen molar-refractivity contribution in [3.05, 3.63) is 11.9 Å². The van der Waals surface area contributed by atoms with Gasteiger partial charge in [-0.1, -0.05) is 0 Å². The summed E-state index contributed by atoms with van der Waals surface area (Å²) in [6.07, 6.45) is 1.57. The zero-order valence-electron chi connectivity index (χ0n) is 12.0. The van der Waals surface area contributed by atoms with Gasteiger partial charge in [-0.15, -0.1) is 0 Å². The molecule has 1 unspecified atom stereocenters. The predicted molar refractivity (Wildman–Crippen MR) is 72.9 cm³/mol. The van der Waals surface area contributed by atoms with Crippen LogP contribution < -0.4 is 0 Å². The quantitative estimate of drug-likeness (QED) is 0.727. The van der Waals surface area contributed by atoms with E-state index >= 15 is 0 Å². The minimum atomic E-state index is -0.0417. The highest BCUT2D eigenvalue weighted by molar-refractivity contribution is 5.19. The molecule has 0 aromatic rings. The SMILES string of the molecule is CCOCC12C/C(=C/F)CN1CCN(CCOC)C2. The first kappa shape index (κ1) is 14.9. The number of nitrogens with zero attached hydrogens (tertiary/aromatic N) is 2. The average molecular weight is 272 g/mol. The summed E-state index contributed by atoms with van der Waals surface area (Å²) in [5.41, 5.74) is 0.855. The van der Waals surface area contributed by atoms with E-state index in [4.69, 9.17) is 9.47 Å². The van der Waals surface area contributed by atoms with Crippen molar-refractivity contribution in [2.75, 3.05) is 59.7 Å². The number of rotatable bonds is 6. The first-order chi connectivity index (χ1) is 9.24. The molecule has 4 nitrogen and oxygen atoms in total. The molecule has 2 heterocycles. The van der Waals surface area contributed by atoms with Gasteiger partial charge in [-0.2, -0.15) is 0 Å². The Kier molecular flexibility index (Phi) is 5.33. The number of hydrogen-bond donors (Lipinski definition) is 0. The maximum atomic E-state index is 12.9. The van der Waals surface area contributed by atoms with Gasteiger partial charge in [0.25, 0.3) is 0 Å². The van der Waals surface area contributed by atoms with Gasteiger partial charge in [0.05, 0.1) is 25.1 Å². The van der Waals surface area contributed by atoms with Gasteiger partial charge in [0.2, 0.25) is 0 Å². The molecule has 0 spiro atoms. The lowest BCUT2D eigenvalue weighted by Crippen LogP contribution is -2.61. The van der Waals surface area contributed by atoms with Crippen molar-refractivity contribution in [1.82, 2.24) is 9.80 Å². The van der Waals surface area contributed by atoms with Crippen molar-refractivity contribution in [3.8, 4) is 0 Å². The number of ether oxygens (including phenoxy) is 2. The van der Waals surface area contributed by atoms with Crippen LogP contribution in [-0.4, -0.2) is 75.0 Å². The van der Waals surface area contributed by atoms with E-state index in [1.807, 2.05) is 6.92 Å². The van der Waals surface area contributed by atoms with Crippen molar-refractivity contribution in [2.24, 2.45) is 0 Å². The minimum absolute atomic E-state index is 0.0417. The molecular weight excluding hydrogens is 247 g/mol. The highest BCUT2D eigenvalue weighted by atomic mass is 19.1. The molecule has 0 aliphatic carbocycles. The highest BCUT2D eigenvalue weighted by Crippen LogP contribution is 2.36. The van der Waals surface area contributed by atoms with Crippen molar-refractivity contribution in [3.63, 3.8) is 0 Å². The lowest BCUT2D eigenvalue weighted by molar-refractivity contribution is -0.0377. The molecule has 0 amide bonds. The van der Waals surface area contributed by atoms with Gasteiger partial charge in [0.1, 0.15) is 0 Å². The molecule has 0 radical (unpaired) electrons. The van der Waals surface area contributed by atoms with E-state index in [9.17, 15) is 4.39 Å². The van der Waals surface area contributed by atoms with Crippen LogP contribution in [0.5, 0.6) is 0 Å². The van der Waals surface area contributed by atoms with E-state index < -0.39 is 0 Å². The zero-order valence-corrected chi connectivity index (χ0v) is 12.0. The standard InChI is InChI=1S/C14H25FN2O2/c1-3-19-12-14-8-13(9-15)10-17(14)5-4-16(11-14)6-7-18-2/h9H,3-8,10-12H2,1-2H3/b13-9-. The van der Waals surface area contributed by atoms with Crippen molar-refractivity contribution in [1.29, 1.82) is 0 Å². The second kappa shape index (κ2) is 6.79. The molecule has 110 valence electrons. The Morgan fingerprint density at radius 3 is 2.95 bits per heavy atom. The molecule has 0 aromatic carbocycles. The molecule has 2 fully saturated rings. The molecule has 2 aliphatic rings. The second-order valence-electron chi connectivity index (χ2n) is 5.50. The number of piperazine rings is 1. The highest BCUT2D eigenvalue weighted by Gasteiger charge is 2.46. The monoisotopic (exact) mass is 272 g/mol. The smallest absolute Gasteiger partial charge is 0.0872 e. The maximum Gasteiger partial charge on any atom is 0.0872 e. The van der Waals surface area contributed by atoms with Crippen LogP contribution in [0.3, 0.4) is 0 Å². The van der Waals surface area contributed by atoms with Crippen LogP contribution >= 0.6 is 0 Å². The molecule has 0 aromatic heterocycles. The summed E-state index contributed by atoms with van der Waals surface area (Å²) in [7, 11) is 1.73. The Balaban J connectivity index is 2.04. The van der Waals surface area contributed by atoms with Gasteiger partial charge in [-0.25, -0.2) is 4.39 Å². The summed E-state index contributed by atoms with van der Waals surface area (Å²) in [5, 5.41) is 0. The molecular formula is C14H25FN2O2. The van der Waals surface area contributed by atoms with Crippen molar-refractivity contribution in [2.45, 2.75) is 18.9 Å². The molecule has 0 N–H and O–H groups in total. The van der Waals surface area contributed by atoms with Crippen LogP contribution in [0.1, 0.15) is 13.3 Å². The van der Waals surface area contributed by atoms with Crippen molar-refractivity contribution < 1.29 is 13.9 Å². The topological polar surface area (TPSA) is 24.9 Å². The van der Waals surface area contributed by atoms with E-state index in [2.05, 4.69) is 9.80 Å². The van der Waals surface area contributed by atoms with E-state index in [0.29, 0.717) is 13.2 Å². The Labute approximate surface area is 115 Å². The number of methoxy groups -OCH3 is 1. The average Bonchev–Trinajstić information content (AvgIpc) is 2.81. The van der Waals surface area contributed by atoms with E-state index in [-0.39, 0.29) is 5.54 Å². The van der Waals surface area contributed by atoms with Crippen LogP contribution in [0.4, 0.5) is 4.39 Å². The first-order valence-electron chi connectivity index (χ1n) is 7.06. The Morgan fingerprint density at radius 1 is 1.42 bits per heavy atom. The van der Waals surface area contributed by atoms with Gasteiger partial charge < -0.3 is 9.47 Å². The normalized spacial score (nSPS) is 31.0. The van der Waals surface area contributed by atoms with Crippen LogP contribution in [0.25, 0.3) is 0 Å². The summed E-state index contributed by atoms with van der Waals surface area (Å²) in [6, 6.07) is 0. The first-order valence-corrected chi connectivity index (χ1v) is 7.06. The molecule has 2 aliphatic heterocycles. The third-order valence-corrected chi connectivity index (χ3v) is 4.17. The molecule has 19 heavy (non-hydrogen) atoms. The fourth-order valence-electron chi connectivity index (χ4n) is 3.20. The third kappa shape index (κ3) is 3.34. The van der Waals surface area contributed by atoms with Crippen molar-refractivity contribution >= 4 is 0 Å². The number of halogens is 1. The Bertz CT molecular complexity index is 325. The fraction of sp³-hybridized carbons (Fsp3) is 0.857. The van der Waals surface area contributed by atoms with Gasteiger partial charge in [-0.05, 0) is 18.9 Å². The molecule has 0 saturated carbocycles. The lowest BCUT2D eigenvalue weighted by Gasteiger charge is -2.46. The lowest BCUT2D eigenvalue weighted by atomic mass is 9.93. The Morgan fingerprint density at radius 2 is 2.26 bits per heavy atom. The van der Waals surface area contributed by atoms with Gasteiger partial charge in [-0.3, -0.25) is 9.80 Å². The molecule has 5 heteroatoms. The van der Waals surface area contributed by atoms with Crippen LogP contribution in [0.2, 0.25) is 0 Å². The summed E-state index contributed by atoms with van der Waals surface area (Å²) in [4.78, 5) is 4.79. The van der Waals surface area contributed by atoms with Crippen LogP contribution in [0, 0.1) is 0 Å². The molecule has 2 rings (SSSR count). The molecule has 1 atom stereocenters. The number of fused-ring (bicyclic) bond motifs is 1. The largest absolute Gasteiger partial charge is 0.383 e. The van der Waals surface area contributed by atoms with Crippen LogP contribution in [-0.2, 0) is 9.47 Å². The Hall–Kier alpha value is -0.490. The van der Waals surface area contributed by atoms with Gasteiger partial charge in [0.15, 0.2) is 0 Å². The van der Waals surface area contributed by atoms with E-state index in [1.165, 1.54) is 0 Å². The van der Waals surface area contributed by atoms with Gasteiger partial charge in [0, 0.05) is 46.4 Å². The summed E-state index contributed by atoms with van der Waals surface area (Å²) in [5.74, 6) is 0. The molecule has 2 saturated heterocycles. The van der Waals surface area contributed by atoms with Crippen LogP contribution in [0.15, 0.2) is 11.9 Å². The van der Waals surface area contributed by atoms with E-state index in [0.717, 1.165) is 57.7 Å². The third-order valence-electron chi connectivity index (χ3n) is 4.17. The summed E-state index contributed by atoms with van der Waals surface area (Å²) < 4.78 is 23.7. The summed E-state index contributed by atoms with van der Waals surface area (Å²) >= 11 is 0. The minimum Gasteiger partial charge on any atom is -0.383 e. The second-order valence-corrected chi connectivity index (χ2v) is 5.50. The van der Waals surface area contributed by atoms with Gasteiger partial charge >= 0.3 is 0 Å².